The topological polar surface area (TPSA) is 55.1 Å². The molecule has 102 valence electrons. The first-order valence-electron chi connectivity index (χ1n) is 6.13. The summed E-state index contributed by atoms with van der Waals surface area (Å²) in [5.74, 6) is -0.893. The van der Waals surface area contributed by atoms with Gasteiger partial charge in [-0.15, -0.1) is 11.3 Å². The largest absolute Gasteiger partial charge is 0.477 e. The summed E-state index contributed by atoms with van der Waals surface area (Å²) < 4.78 is 1.74. The maximum Gasteiger partial charge on any atom is 0.352 e. The van der Waals surface area contributed by atoms with Crippen LogP contribution in [0.15, 0.2) is 17.6 Å². The number of rotatable bonds is 3. The lowest BCUT2D eigenvalue weighted by Gasteiger charge is -2.14. The van der Waals surface area contributed by atoms with E-state index in [0.29, 0.717) is 12.2 Å². The van der Waals surface area contributed by atoms with E-state index < -0.39 is 5.97 Å². The van der Waals surface area contributed by atoms with Crippen LogP contribution in [0.2, 0.25) is 0 Å². The smallest absolute Gasteiger partial charge is 0.352 e. The van der Waals surface area contributed by atoms with Gasteiger partial charge in [-0.25, -0.2) is 9.78 Å². The quantitative estimate of drug-likeness (QED) is 0.937. The molecule has 2 aromatic rings. The molecular formula is C14H18N2O2S. The highest BCUT2D eigenvalue weighted by Crippen LogP contribution is 2.24. The van der Waals surface area contributed by atoms with Gasteiger partial charge in [0, 0.05) is 17.0 Å². The molecule has 5 heteroatoms. The molecule has 0 spiro atoms. The summed E-state index contributed by atoms with van der Waals surface area (Å²) in [6.45, 7) is 8.68. The number of hydrogen-bond acceptors (Lipinski definition) is 3. The molecule has 0 aliphatic heterocycles. The number of carboxylic acids is 1. The van der Waals surface area contributed by atoms with Crippen LogP contribution >= 0.6 is 11.3 Å². The maximum atomic E-state index is 11.2. The minimum atomic E-state index is -0.893. The Kier molecular flexibility index (Phi) is 3.49. The molecule has 0 aromatic carbocycles. The number of aryl methyl sites for hydroxylation is 1. The van der Waals surface area contributed by atoms with Crippen LogP contribution in [0.25, 0.3) is 0 Å². The summed E-state index contributed by atoms with van der Waals surface area (Å²) in [6, 6.07) is 1.82. The van der Waals surface area contributed by atoms with E-state index in [9.17, 15) is 9.90 Å². The van der Waals surface area contributed by atoms with Gasteiger partial charge >= 0.3 is 5.97 Å². The van der Waals surface area contributed by atoms with Crippen LogP contribution in [-0.2, 0) is 12.0 Å². The molecular weight excluding hydrogens is 260 g/mol. The number of aromatic nitrogens is 2. The molecule has 2 aromatic heterocycles. The summed E-state index contributed by atoms with van der Waals surface area (Å²) in [6.07, 6.45) is 1.80. The zero-order chi connectivity index (χ0) is 14.2. The van der Waals surface area contributed by atoms with Crippen molar-refractivity contribution in [1.29, 1.82) is 0 Å². The Balaban J connectivity index is 2.27. The molecule has 1 N–H and O–H groups in total. The Labute approximate surface area is 116 Å². The normalized spacial score (nSPS) is 11.8. The summed E-state index contributed by atoms with van der Waals surface area (Å²) in [5.41, 5.74) is 2.19. The Morgan fingerprint density at radius 2 is 2.16 bits per heavy atom. The highest BCUT2D eigenvalue weighted by Gasteiger charge is 2.19. The molecule has 0 radical (unpaired) electrons. The molecule has 2 rings (SSSR count). The number of hydrogen-bond donors (Lipinski definition) is 1. The van der Waals surface area contributed by atoms with Crippen LogP contribution in [0.1, 0.15) is 47.5 Å². The third-order valence-corrected chi connectivity index (χ3v) is 3.83. The van der Waals surface area contributed by atoms with Crippen LogP contribution in [-0.4, -0.2) is 20.6 Å². The molecule has 19 heavy (non-hydrogen) atoms. The molecule has 0 amide bonds. The fourth-order valence-corrected chi connectivity index (χ4v) is 2.90. The van der Waals surface area contributed by atoms with Crippen molar-refractivity contribution in [2.75, 3.05) is 0 Å². The fourth-order valence-electron chi connectivity index (χ4n) is 1.88. The Hall–Kier alpha value is -1.62. The SMILES string of the molecule is Cc1ccn(Cc2nc(C(C)(C)C)cs2)c1C(=O)O. The minimum absolute atomic E-state index is 0.0248. The standard InChI is InChI=1S/C14H18N2O2S/c1-9-5-6-16(12(9)13(17)18)7-11-15-10(8-19-11)14(2,3)4/h5-6,8H,7H2,1-4H3,(H,17,18). The summed E-state index contributed by atoms with van der Waals surface area (Å²) in [4.78, 5) is 15.8. The van der Waals surface area contributed by atoms with E-state index in [0.717, 1.165) is 16.3 Å². The number of nitrogens with zero attached hydrogens (tertiary/aromatic N) is 2. The average molecular weight is 278 g/mol. The van der Waals surface area contributed by atoms with Crippen molar-refractivity contribution >= 4 is 17.3 Å². The van der Waals surface area contributed by atoms with Gasteiger partial charge in [0.1, 0.15) is 10.7 Å². The van der Waals surface area contributed by atoms with Crippen LogP contribution in [0.5, 0.6) is 0 Å². The molecule has 0 saturated heterocycles. The summed E-state index contributed by atoms with van der Waals surface area (Å²) in [7, 11) is 0. The van der Waals surface area contributed by atoms with E-state index in [4.69, 9.17) is 0 Å². The van der Waals surface area contributed by atoms with E-state index in [1.807, 2.05) is 18.4 Å². The van der Waals surface area contributed by atoms with Crippen molar-refractivity contribution in [1.82, 2.24) is 9.55 Å². The number of aromatic carboxylic acids is 1. The Bertz CT molecular complexity index is 605. The van der Waals surface area contributed by atoms with Crippen molar-refractivity contribution in [2.24, 2.45) is 0 Å². The molecule has 0 saturated carbocycles. The van der Waals surface area contributed by atoms with Gasteiger partial charge in [0.25, 0.3) is 0 Å². The predicted molar refractivity (Wildman–Crippen MR) is 76.0 cm³/mol. The van der Waals surface area contributed by atoms with Crippen LogP contribution in [0, 0.1) is 6.92 Å². The van der Waals surface area contributed by atoms with Gasteiger partial charge in [-0.1, -0.05) is 20.8 Å². The third-order valence-electron chi connectivity index (χ3n) is 2.99. The van der Waals surface area contributed by atoms with Gasteiger partial charge in [-0.05, 0) is 18.6 Å². The molecule has 2 heterocycles. The zero-order valence-electron chi connectivity index (χ0n) is 11.6. The average Bonchev–Trinajstić information content (AvgIpc) is 2.85. The van der Waals surface area contributed by atoms with E-state index in [1.165, 1.54) is 0 Å². The monoisotopic (exact) mass is 278 g/mol. The first-order valence-corrected chi connectivity index (χ1v) is 7.01. The third kappa shape index (κ3) is 2.87. The maximum absolute atomic E-state index is 11.2. The van der Waals surface area contributed by atoms with Crippen molar-refractivity contribution < 1.29 is 9.90 Å². The number of thiazole rings is 1. The fraction of sp³-hybridized carbons (Fsp3) is 0.429. The first-order chi connectivity index (χ1) is 8.79. The second-order valence-corrected chi connectivity index (χ2v) is 6.60. The van der Waals surface area contributed by atoms with Gasteiger partial charge in [0.15, 0.2) is 0 Å². The Morgan fingerprint density at radius 1 is 1.47 bits per heavy atom. The van der Waals surface area contributed by atoms with Crippen molar-refractivity contribution in [3.05, 3.63) is 39.6 Å². The number of carboxylic acid groups (broad SMARTS) is 1. The van der Waals surface area contributed by atoms with Crippen molar-refractivity contribution in [3.8, 4) is 0 Å². The van der Waals surface area contributed by atoms with Gasteiger partial charge in [0.05, 0.1) is 12.2 Å². The van der Waals surface area contributed by atoms with Crippen LogP contribution in [0.3, 0.4) is 0 Å². The first kappa shape index (κ1) is 13.8. The van der Waals surface area contributed by atoms with Crippen molar-refractivity contribution in [2.45, 2.75) is 39.7 Å². The molecule has 0 bridgehead atoms. The van der Waals surface area contributed by atoms with Gasteiger partial charge in [0.2, 0.25) is 0 Å². The second kappa shape index (κ2) is 4.81. The lowest BCUT2D eigenvalue weighted by Crippen LogP contribution is -2.13. The van der Waals surface area contributed by atoms with Crippen LogP contribution < -0.4 is 0 Å². The lowest BCUT2D eigenvalue weighted by atomic mass is 9.93. The van der Waals surface area contributed by atoms with Gasteiger partial charge in [-0.3, -0.25) is 0 Å². The summed E-state index contributed by atoms with van der Waals surface area (Å²) in [5, 5.41) is 12.2. The van der Waals surface area contributed by atoms with E-state index in [1.54, 1.807) is 22.1 Å². The molecule has 0 atom stereocenters. The molecule has 0 aliphatic rings. The number of carbonyl (C=O) groups is 1. The van der Waals surface area contributed by atoms with Crippen molar-refractivity contribution in [3.63, 3.8) is 0 Å². The predicted octanol–water partition coefficient (Wildman–Crippen LogP) is 3.30. The van der Waals surface area contributed by atoms with E-state index in [-0.39, 0.29) is 5.41 Å². The second-order valence-electron chi connectivity index (χ2n) is 5.66. The van der Waals surface area contributed by atoms with Crippen LogP contribution in [0.4, 0.5) is 0 Å². The summed E-state index contributed by atoms with van der Waals surface area (Å²) >= 11 is 1.58. The highest BCUT2D eigenvalue weighted by atomic mass is 32.1. The molecule has 0 fully saturated rings. The lowest BCUT2D eigenvalue weighted by molar-refractivity contribution is 0.0685. The molecule has 0 aliphatic carbocycles. The molecule has 4 nitrogen and oxygen atoms in total. The van der Waals surface area contributed by atoms with E-state index >= 15 is 0 Å². The zero-order valence-corrected chi connectivity index (χ0v) is 12.4. The van der Waals surface area contributed by atoms with Gasteiger partial charge in [-0.2, -0.15) is 0 Å². The highest BCUT2D eigenvalue weighted by molar-refractivity contribution is 7.09. The minimum Gasteiger partial charge on any atom is -0.477 e. The van der Waals surface area contributed by atoms with E-state index in [2.05, 4.69) is 25.8 Å². The van der Waals surface area contributed by atoms with Gasteiger partial charge < -0.3 is 9.67 Å². The molecule has 0 unspecified atom stereocenters. The Morgan fingerprint density at radius 3 is 2.68 bits per heavy atom.